The Morgan fingerprint density at radius 3 is 2.54 bits per heavy atom. The molecule has 0 bridgehead atoms. The molecule has 0 aliphatic carbocycles. The fourth-order valence-corrected chi connectivity index (χ4v) is 4.07. The molecule has 0 atom stereocenters. The van der Waals surface area contributed by atoms with Gasteiger partial charge in [-0.3, -0.25) is 9.59 Å². The van der Waals surface area contributed by atoms with Crippen molar-refractivity contribution in [2.45, 2.75) is 6.18 Å². The Bertz CT molecular complexity index is 1330. The number of halogens is 4. The fraction of sp³-hybridized carbons (Fsp3) is 0.0556. The molecule has 2 aromatic carbocycles. The Morgan fingerprint density at radius 2 is 1.82 bits per heavy atom. The molecule has 0 fully saturated rings. The van der Waals surface area contributed by atoms with Crippen molar-refractivity contribution >= 4 is 34.4 Å². The van der Waals surface area contributed by atoms with E-state index in [1.807, 2.05) is 0 Å². The predicted molar refractivity (Wildman–Crippen MR) is 96.3 cm³/mol. The van der Waals surface area contributed by atoms with Gasteiger partial charge in [0.05, 0.1) is 27.2 Å². The Kier molecular flexibility index (Phi) is 4.16. The molecule has 10 heteroatoms. The molecule has 142 valence electrons. The van der Waals surface area contributed by atoms with Crippen LogP contribution in [0.15, 0.2) is 52.3 Å². The van der Waals surface area contributed by atoms with Crippen molar-refractivity contribution in [3.05, 3.63) is 78.2 Å². The molecule has 0 spiro atoms. The smallest absolute Gasteiger partial charge is 0.417 e. The molecule has 0 saturated carbocycles. The number of benzene rings is 2. The largest absolute Gasteiger partial charge is 0.493 e. The van der Waals surface area contributed by atoms with Gasteiger partial charge in [0.15, 0.2) is 0 Å². The molecule has 1 N–H and O–H groups in total. The highest BCUT2D eigenvalue weighted by atomic mass is 35.5. The summed E-state index contributed by atoms with van der Waals surface area (Å²) in [4.78, 5) is 27.8. The summed E-state index contributed by atoms with van der Waals surface area (Å²) in [7, 11) is 0. The normalized spacial score (nSPS) is 13.6. The Labute approximate surface area is 163 Å². The van der Waals surface area contributed by atoms with Crippen LogP contribution in [-0.4, -0.2) is 15.6 Å². The molecule has 2 heterocycles. The van der Waals surface area contributed by atoms with Crippen molar-refractivity contribution in [2.75, 3.05) is 0 Å². The van der Waals surface area contributed by atoms with Crippen LogP contribution >= 0.6 is 22.9 Å². The van der Waals surface area contributed by atoms with Crippen molar-refractivity contribution in [3.63, 3.8) is 0 Å². The highest BCUT2D eigenvalue weighted by molar-refractivity contribution is 7.11. The third-order valence-electron chi connectivity index (χ3n) is 4.14. The number of para-hydroxylation sites is 1. The zero-order chi connectivity index (χ0) is 20.2. The number of thiazole rings is 1. The van der Waals surface area contributed by atoms with Gasteiger partial charge in [0.2, 0.25) is 5.88 Å². The van der Waals surface area contributed by atoms with Crippen molar-refractivity contribution < 1.29 is 23.1 Å². The summed E-state index contributed by atoms with van der Waals surface area (Å²) < 4.78 is 40.1. The maximum absolute atomic E-state index is 13.1. The molecule has 1 aliphatic rings. The Hall–Kier alpha value is -2.91. The number of aromatic nitrogens is 1. The standard InChI is InChI=1S/C18H8ClF3N2O3S/c19-11-6-5-8(7-10(11)18(20,21)22)24-16(26)14(28-17(24)27)13-9-3-1-2-4-12(9)23-15(13)25/h1-7,26H. The van der Waals surface area contributed by atoms with Crippen LogP contribution in [0.4, 0.5) is 13.2 Å². The molecule has 28 heavy (non-hydrogen) atoms. The number of hydrogen-bond acceptors (Lipinski definition) is 4. The van der Waals surface area contributed by atoms with E-state index in [9.17, 15) is 27.9 Å². The number of hydrogen-bond donors (Lipinski definition) is 1. The van der Waals surface area contributed by atoms with Crippen LogP contribution in [0, 0.1) is 0 Å². The van der Waals surface area contributed by atoms with Crippen molar-refractivity contribution in [2.24, 2.45) is 4.99 Å². The number of nitrogens with zero attached hydrogens (tertiary/aromatic N) is 2. The van der Waals surface area contributed by atoms with E-state index >= 15 is 0 Å². The number of alkyl halides is 3. The molecule has 1 amide bonds. The van der Waals surface area contributed by atoms with Crippen LogP contribution in [0.2, 0.25) is 5.02 Å². The zero-order valence-corrected chi connectivity index (χ0v) is 15.2. The highest BCUT2D eigenvalue weighted by Gasteiger charge is 2.34. The van der Waals surface area contributed by atoms with Gasteiger partial charge in [0, 0.05) is 5.22 Å². The molecule has 1 aliphatic heterocycles. The van der Waals surface area contributed by atoms with Crippen molar-refractivity contribution in [3.8, 4) is 11.6 Å². The minimum Gasteiger partial charge on any atom is -0.493 e. The quantitative estimate of drug-likeness (QED) is 0.687. The average Bonchev–Trinajstić information content (AvgIpc) is 3.10. The van der Waals surface area contributed by atoms with Crippen LogP contribution in [0.25, 0.3) is 11.3 Å². The molecule has 0 radical (unpaired) electrons. The number of rotatable bonds is 2. The predicted octanol–water partition coefficient (Wildman–Crippen LogP) is 2.64. The van der Waals surface area contributed by atoms with Gasteiger partial charge in [-0.25, -0.2) is 9.56 Å². The minimum absolute atomic E-state index is 0.0268. The molecular weight excluding hydrogens is 417 g/mol. The summed E-state index contributed by atoms with van der Waals surface area (Å²) >= 11 is 6.15. The Balaban J connectivity index is 1.96. The zero-order valence-electron chi connectivity index (χ0n) is 13.6. The maximum Gasteiger partial charge on any atom is 0.417 e. The fourth-order valence-electron chi connectivity index (χ4n) is 2.91. The lowest BCUT2D eigenvalue weighted by Crippen LogP contribution is -2.22. The van der Waals surface area contributed by atoms with Gasteiger partial charge < -0.3 is 5.11 Å². The van der Waals surface area contributed by atoms with Gasteiger partial charge in [-0.15, -0.1) is 0 Å². The van der Waals surface area contributed by atoms with E-state index in [1.54, 1.807) is 24.3 Å². The molecule has 1 aromatic heterocycles. The summed E-state index contributed by atoms with van der Waals surface area (Å²) in [5, 5.41) is 10.9. The first kappa shape index (κ1) is 18.5. The third kappa shape index (κ3) is 2.83. The van der Waals surface area contributed by atoms with E-state index in [0.717, 1.165) is 6.07 Å². The molecule has 4 rings (SSSR count). The maximum atomic E-state index is 13.1. The van der Waals surface area contributed by atoms with E-state index in [0.29, 0.717) is 32.5 Å². The summed E-state index contributed by atoms with van der Waals surface area (Å²) in [6.07, 6.45) is -4.74. The number of carbonyl (C=O) groups is 1. The van der Waals surface area contributed by atoms with Gasteiger partial charge in [-0.2, -0.15) is 13.2 Å². The van der Waals surface area contributed by atoms with E-state index in [4.69, 9.17) is 11.6 Å². The second-order valence-electron chi connectivity index (χ2n) is 5.83. The topological polar surface area (TPSA) is 71.7 Å². The first-order valence-corrected chi connectivity index (χ1v) is 8.92. The average molecular weight is 425 g/mol. The van der Waals surface area contributed by atoms with Crippen LogP contribution in [0.5, 0.6) is 5.88 Å². The lowest BCUT2D eigenvalue weighted by molar-refractivity contribution is -0.137. The molecule has 0 unspecified atom stereocenters. The van der Waals surface area contributed by atoms with Gasteiger partial charge in [-0.05, 0) is 24.3 Å². The van der Waals surface area contributed by atoms with Crippen LogP contribution < -0.4 is 15.4 Å². The number of amides is 1. The summed E-state index contributed by atoms with van der Waals surface area (Å²) in [5.74, 6) is -1.28. The van der Waals surface area contributed by atoms with E-state index in [1.165, 1.54) is 6.07 Å². The van der Waals surface area contributed by atoms with Gasteiger partial charge in [0.1, 0.15) is 4.88 Å². The minimum atomic E-state index is -4.74. The van der Waals surface area contributed by atoms with Gasteiger partial charge in [0.25, 0.3) is 5.91 Å². The highest BCUT2D eigenvalue weighted by Crippen LogP contribution is 2.37. The van der Waals surface area contributed by atoms with Crippen molar-refractivity contribution in [1.29, 1.82) is 0 Å². The monoisotopic (exact) mass is 424 g/mol. The van der Waals surface area contributed by atoms with E-state index in [2.05, 4.69) is 4.99 Å². The van der Waals surface area contributed by atoms with Crippen LogP contribution in [0.1, 0.15) is 10.4 Å². The SMILES string of the molecule is O=C1N=c2ccccc2=C1c1sc(=O)n(-c2ccc(Cl)c(C(F)(F)F)c2)c1O. The van der Waals surface area contributed by atoms with Crippen molar-refractivity contribution in [1.82, 2.24) is 4.57 Å². The van der Waals surface area contributed by atoms with E-state index in [-0.39, 0.29) is 16.1 Å². The second kappa shape index (κ2) is 6.32. The molecule has 3 aromatic rings. The van der Waals surface area contributed by atoms with E-state index < -0.39 is 33.4 Å². The summed E-state index contributed by atoms with van der Waals surface area (Å²) in [5.41, 5.74) is -1.34. The van der Waals surface area contributed by atoms with Gasteiger partial charge >= 0.3 is 11.0 Å². The Morgan fingerprint density at radius 1 is 1.11 bits per heavy atom. The number of fused-ring (bicyclic) bond motifs is 1. The van der Waals surface area contributed by atoms with Crippen LogP contribution in [-0.2, 0) is 11.0 Å². The lowest BCUT2D eigenvalue weighted by Gasteiger charge is -2.11. The van der Waals surface area contributed by atoms with Gasteiger partial charge in [-0.1, -0.05) is 41.1 Å². The first-order chi connectivity index (χ1) is 13.2. The second-order valence-corrected chi connectivity index (χ2v) is 7.20. The summed E-state index contributed by atoms with van der Waals surface area (Å²) in [6, 6.07) is 9.38. The lowest BCUT2D eigenvalue weighted by atomic mass is 10.1. The number of carbonyl (C=O) groups excluding carboxylic acids is 1. The first-order valence-electron chi connectivity index (χ1n) is 7.73. The number of aromatic hydroxyl groups is 1. The summed E-state index contributed by atoms with van der Waals surface area (Å²) in [6.45, 7) is 0. The molecular formula is C18H8ClF3N2O3S. The van der Waals surface area contributed by atoms with Crippen LogP contribution in [0.3, 0.4) is 0 Å². The molecule has 5 nitrogen and oxygen atoms in total. The molecule has 0 saturated heterocycles. The third-order valence-corrected chi connectivity index (χ3v) is 5.41.